The van der Waals surface area contributed by atoms with Crippen molar-refractivity contribution in [3.8, 4) is 0 Å². The summed E-state index contributed by atoms with van der Waals surface area (Å²) in [4.78, 5) is 24.3. The molecule has 90 valence electrons. The second kappa shape index (κ2) is 5.07. The third kappa shape index (κ3) is 2.99. The molecule has 1 heterocycles. The standard InChI is InChI=1S/C12H11Cl2NO2/c13-10-3-1-2-8(4-10)6-15-7-9(12(14)17)5-11(15)16/h1-4,9H,5-7H2. The fraction of sp³-hybridized carbons (Fsp3) is 0.333. The molecule has 3 nitrogen and oxygen atoms in total. The van der Waals surface area contributed by atoms with Gasteiger partial charge in [-0.1, -0.05) is 23.7 Å². The molecule has 0 aromatic heterocycles. The van der Waals surface area contributed by atoms with Gasteiger partial charge in [0.15, 0.2) is 0 Å². The summed E-state index contributed by atoms with van der Waals surface area (Å²) in [6.45, 7) is 0.869. The van der Waals surface area contributed by atoms with Crippen LogP contribution in [-0.2, 0) is 16.1 Å². The van der Waals surface area contributed by atoms with Crippen LogP contribution in [-0.4, -0.2) is 22.6 Å². The molecule has 1 unspecified atom stereocenters. The van der Waals surface area contributed by atoms with Crippen LogP contribution in [0.5, 0.6) is 0 Å². The first-order valence-electron chi connectivity index (χ1n) is 5.28. The van der Waals surface area contributed by atoms with Gasteiger partial charge in [-0.2, -0.15) is 0 Å². The van der Waals surface area contributed by atoms with Gasteiger partial charge in [-0.05, 0) is 29.3 Å². The van der Waals surface area contributed by atoms with E-state index in [2.05, 4.69) is 0 Å². The summed E-state index contributed by atoms with van der Waals surface area (Å²) < 4.78 is 0. The highest BCUT2D eigenvalue weighted by Crippen LogP contribution is 2.22. The average molecular weight is 272 g/mol. The van der Waals surface area contributed by atoms with Crippen molar-refractivity contribution in [3.05, 3.63) is 34.9 Å². The molecule has 0 bridgehead atoms. The molecule has 1 aliphatic heterocycles. The lowest BCUT2D eigenvalue weighted by molar-refractivity contribution is -0.128. The number of halogens is 2. The number of amides is 1. The maximum Gasteiger partial charge on any atom is 0.227 e. The van der Waals surface area contributed by atoms with E-state index in [-0.39, 0.29) is 18.2 Å². The molecule has 5 heteroatoms. The van der Waals surface area contributed by atoms with Gasteiger partial charge in [-0.15, -0.1) is 0 Å². The number of carbonyl (C=O) groups excluding carboxylic acids is 2. The summed E-state index contributed by atoms with van der Waals surface area (Å²) in [5.41, 5.74) is 0.952. The van der Waals surface area contributed by atoms with E-state index in [0.29, 0.717) is 18.1 Å². The minimum atomic E-state index is -0.438. The monoisotopic (exact) mass is 271 g/mol. The van der Waals surface area contributed by atoms with Crippen molar-refractivity contribution in [2.45, 2.75) is 13.0 Å². The summed E-state index contributed by atoms with van der Waals surface area (Å²) in [6, 6.07) is 7.32. The first kappa shape index (κ1) is 12.4. The lowest BCUT2D eigenvalue weighted by atomic mass is 10.1. The largest absolute Gasteiger partial charge is 0.338 e. The molecule has 17 heavy (non-hydrogen) atoms. The Balaban J connectivity index is 2.05. The molecule has 0 radical (unpaired) electrons. The molecule has 0 aliphatic carbocycles. The summed E-state index contributed by atoms with van der Waals surface area (Å²) in [5, 5.41) is 0.200. The average Bonchev–Trinajstić information content (AvgIpc) is 2.61. The van der Waals surface area contributed by atoms with E-state index in [0.717, 1.165) is 5.56 Å². The summed E-state index contributed by atoms with van der Waals surface area (Å²) in [7, 11) is 0. The van der Waals surface area contributed by atoms with Gasteiger partial charge in [-0.3, -0.25) is 9.59 Å². The Morgan fingerprint density at radius 2 is 2.24 bits per heavy atom. The Bertz CT molecular complexity index is 462. The number of carbonyl (C=O) groups is 2. The predicted molar refractivity (Wildman–Crippen MR) is 65.8 cm³/mol. The third-order valence-corrected chi connectivity index (χ3v) is 3.34. The van der Waals surface area contributed by atoms with E-state index in [1.807, 2.05) is 18.2 Å². The van der Waals surface area contributed by atoms with Crippen LogP contribution in [0.3, 0.4) is 0 Å². The van der Waals surface area contributed by atoms with Gasteiger partial charge in [-0.25, -0.2) is 0 Å². The Morgan fingerprint density at radius 3 is 2.82 bits per heavy atom. The maximum absolute atomic E-state index is 11.7. The van der Waals surface area contributed by atoms with Crippen LogP contribution in [0, 0.1) is 5.92 Å². The minimum Gasteiger partial charge on any atom is -0.338 e. The quantitative estimate of drug-likeness (QED) is 0.792. The molecule has 1 aromatic rings. The minimum absolute atomic E-state index is 0.0380. The van der Waals surface area contributed by atoms with E-state index in [9.17, 15) is 9.59 Å². The fourth-order valence-electron chi connectivity index (χ4n) is 1.93. The molecule has 1 saturated heterocycles. The molecular formula is C12H11Cl2NO2. The Hall–Kier alpha value is -1.06. The molecular weight excluding hydrogens is 261 g/mol. The van der Waals surface area contributed by atoms with Gasteiger partial charge in [0.25, 0.3) is 0 Å². The molecule has 1 aliphatic rings. The number of likely N-dealkylation sites (tertiary alicyclic amines) is 1. The smallest absolute Gasteiger partial charge is 0.227 e. The zero-order chi connectivity index (χ0) is 12.4. The molecule has 1 fully saturated rings. The number of nitrogens with zero attached hydrogens (tertiary/aromatic N) is 1. The van der Waals surface area contributed by atoms with Gasteiger partial charge < -0.3 is 4.90 Å². The zero-order valence-corrected chi connectivity index (χ0v) is 10.5. The first-order chi connectivity index (χ1) is 8.06. The van der Waals surface area contributed by atoms with Crippen LogP contribution in [0.15, 0.2) is 24.3 Å². The van der Waals surface area contributed by atoms with Crippen molar-refractivity contribution in [2.24, 2.45) is 5.92 Å². The highest BCUT2D eigenvalue weighted by Gasteiger charge is 2.33. The van der Waals surface area contributed by atoms with Crippen LogP contribution in [0.2, 0.25) is 5.02 Å². The van der Waals surface area contributed by atoms with E-state index in [4.69, 9.17) is 23.2 Å². The van der Waals surface area contributed by atoms with Crippen LogP contribution in [0.25, 0.3) is 0 Å². The highest BCUT2D eigenvalue weighted by atomic mass is 35.5. The molecule has 1 amide bonds. The topological polar surface area (TPSA) is 37.4 Å². The number of hydrogen-bond acceptors (Lipinski definition) is 2. The Morgan fingerprint density at radius 1 is 1.47 bits per heavy atom. The molecule has 0 spiro atoms. The summed E-state index contributed by atoms with van der Waals surface area (Å²) in [5.74, 6) is -0.410. The van der Waals surface area contributed by atoms with Gasteiger partial charge in [0.1, 0.15) is 0 Å². The van der Waals surface area contributed by atoms with Crippen LogP contribution in [0.1, 0.15) is 12.0 Å². The highest BCUT2D eigenvalue weighted by molar-refractivity contribution is 6.64. The second-order valence-electron chi connectivity index (χ2n) is 4.11. The SMILES string of the molecule is O=C(Cl)C1CC(=O)N(Cc2cccc(Cl)c2)C1. The van der Waals surface area contributed by atoms with Crippen molar-refractivity contribution in [1.29, 1.82) is 0 Å². The van der Waals surface area contributed by atoms with E-state index < -0.39 is 5.24 Å². The lowest BCUT2D eigenvalue weighted by Gasteiger charge is -2.16. The van der Waals surface area contributed by atoms with Crippen LogP contribution >= 0.6 is 23.2 Å². The van der Waals surface area contributed by atoms with Crippen molar-refractivity contribution in [2.75, 3.05) is 6.54 Å². The van der Waals surface area contributed by atoms with E-state index >= 15 is 0 Å². The summed E-state index contributed by atoms with van der Waals surface area (Å²) in [6.07, 6.45) is 0.211. The second-order valence-corrected chi connectivity index (χ2v) is 4.92. The zero-order valence-electron chi connectivity index (χ0n) is 9.03. The molecule has 1 aromatic carbocycles. The number of hydrogen-bond donors (Lipinski definition) is 0. The molecule has 2 rings (SSSR count). The van der Waals surface area contributed by atoms with Crippen LogP contribution in [0.4, 0.5) is 0 Å². The van der Waals surface area contributed by atoms with E-state index in [1.54, 1.807) is 11.0 Å². The Labute approximate surface area is 109 Å². The van der Waals surface area contributed by atoms with Crippen LogP contribution < -0.4 is 0 Å². The third-order valence-electron chi connectivity index (χ3n) is 2.80. The summed E-state index contributed by atoms with van der Waals surface area (Å²) >= 11 is 11.3. The van der Waals surface area contributed by atoms with Gasteiger partial charge in [0.2, 0.25) is 11.1 Å². The van der Waals surface area contributed by atoms with E-state index in [1.165, 1.54) is 0 Å². The van der Waals surface area contributed by atoms with Gasteiger partial charge >= 0.3 is 0 Å². The first-order valence-corrected chi connectivity index (χ1v) is 6.03. The molecule has 1 atom stereocenters. The van der Waals surface area contributed by atoms with Crippen molar-refractivity contribution >= 4 is 34.4 Å². The number of rotatable bonds is 3. The van der Waals surface area contributed by atoms with Crippen molar-refractivity contribution in [1.82, 2.24) is 4.90 Å². The van der Waals surface area contributed by atoms with Gasteiger partial charge in [0.05, 0.1) is 5.92 Å². The predicted octanol–water partition coefficient (Wildman–Crippen LogP) is 2.45. The maximum atomic E-state index is 11.7. The fourth-order valence-corrected chi connectivity index (χ4v) is 2.29. The number of benzene rings is 1. The normalized spacial score (nSPS) is 19.8. The van der Waals surface area contributed by atoms with Crippen molar-refractivity contribution in [3.63, 3.8) is 0 Å². The van der Waals surface area contributed by atoms with Gasteiger partial charge in [0, 0.05) is 24.5 Å². The van der Waals surface area contributed by atoms with Crippen molar-refractivity contribution < 1.29 is 9.59 Å². The molecule has 0 saturated carbocycles. The lowest BCUT2D eigenvalue weighted by Crippen LogP contribution is -2.25. The Kier molecular flexibility index (Phi) is 3.69. The molecule has 0 N–H and O–H groups in total.